The molecule has 1 aromatic rings. The van der Waals surface area contributed by atoms with Crippen molar-refractivity contribution in [1.29, 1.82) is 0 Å². The molecule has 1 heterocycles. The number of amides is 4. The van der Waals surface area contributed by atoms with E-state index in [1.165, 1.54) is 13.2 Å². The fourth-order valence-electron chi connectivity index (χ4n) is 1.74. The number of phenolic OH excluding ortho intramolecular Hbond substituents is 1. The van der Waals surface area contributed by atoms with Crippen molar-refractivity contribution >= 4 is 29.6 Å². The van der Waals surface area contributed by atoms with Gasteiger partial charge in [0.1, 0.15) is 11.3 Å². The molecule has 0 aliphatic carbocycles. The van der Waals surface area contributed by atoms with Crippen molar-refractivity contribution in [2.24, 2.45) is 0 Å². The quantitative estimate of drug-likeness (QED) is 0.309. The van der Waals surface area contributed by atoms with Gasteiger partial charge in [-0.05, 0) is 12.1 Å². The summed E-state index contributed by atoms with van der Waals surface area (Å²) in [5, 5.41) is 24.4. The second-order valence-corrected chi connectivity index (χ2v) is 4.14. The van der Waals surface area contributed by atoms with Crippen LogP contribution in [-0.4, -0.2) is 35.0 Å². The molecule has 0 saturated carbocycles. The number of barbiturate groups is 1. The number of hydrogen-bond acceptors (Lipinski definition) is 7. The third-order valence-electron chi connectivity index (χ3n) is 2.77. The third-order valence-corrected chi connectivity index (χ3v) is 2.77. The molecule has 0 spiro atoms. The van der Waals surface area contributed by atoms with Crippen molar-refractivity contribution in [3.63, 3.8) is 0 Å². The van der Waals surface area contributed by atoms with E-state index in [0.717, 1.165) is 12.1 Å². The van der Waals surface area contributed by atoms with Gasteiger partial charge in [0.15, 0.2) is 0 Å². The fraction of sp³-hybridized carbons (Fsp3) is 0.0833. The maximum Gasteiger partial charge on any atom is 0.328 e. The number of imide groups is 2. The lowest BCUT2D eigenvalue weighted by Gasteiger charge is -2.14. The SMILES string of the molecule is COc1cc(C=C2C(=O)NC(=O)NC2=O)c(O)c([N+](=O)[O-])c1. The van der Waals surface area contributed by atoms with E-state index in [9.17, 15) is 29.6 Å². The number of nitro groups is 1. The molecule has 1 aromatic carbocycles. The van der Waals surface area contributed by atoms with E-state index in [4.69, 9.17) is 4.74 Å². The van der Waals surface area contributed by atoms with E-state index in [0.29, 0.717) is 0 Å². The molecule has 114 valence electrons. The molecule has 1 aliphatic rings. The van der Waals surface area contributed by atoms with Crippen LogP contribution in [0.3, 0.4) is 0 Å². The number of phenols is 1. The molecule has 0 radical (unpaired) electrons. The van der Waals surface area contributed by atoms with Crippen LogP contribution in [0, 0.1) is 10.1 Å². The Morgan fingerprint density at radius 3 is 2.32 bits per heavy atom. The van der Waals surface area contributed by atoms with Gasteiger partial charge in [-0.25, -0.2) is 4.79 Å². The maximum absolute atomic E-state index is 11.6. The molecule has 1 fully saturated rings. The molecular formula is C12H9N3O7. The Balaban J connectivity index is 2.57. The zero-order valence-electron chi connectivity index (χ0n) is 11.1. The van der Waals surface area contributed by atoms with Gasteiger partial charge in [0, 0.05) is 5.56 Å². The van der Waals surface area contributed by atoms with Crippen molar-refractivity contribution in [3.05, 3.63) is 33.4 Å². The summed E-state index contributed by atoms with van der Waals surface area (Å²) in [4.78, 5) is 44.2. The van der Waals surface area contributed by atoms with Gasteiger partial charge in [-0.2, -0.15) is 0 Å². The van der Waals surface area contributed by atoms with E-state index in [-0.39, 0.29) is 11.3 Å². The lowest BCUT2D eigenvalue weighted by Crippen LogP contribution is -2.51. The molecule has 0 aromatic heterocycles. The Labute approximate surface area is 122 Å². The van der Waals surface area contributed by atoms with Gasteiger partial charge < -0.3 is 9.84 Å². The molecule has 1 saturated heterocycles. The van der Waals surface area contributed by atoms with Crippen LogP contribution in [0.1, 0.15) is 5.56 Å². The highest BCUT2D eigenvalue weighted by molar-refractivity contribution is 6.31. The minimum atomic E-state index is -0.987. The molecule has 10 heteroatoms. The Morgan fingerprint density at radius 1 is 1.23 bits per heavy atom. The van der Waals surface area contributed by atoms with Gasteiger partial charge in [-0.1, -0.05) is 0 Å². The third kappa shape index (κ3) is 2.70. The molecule has 3 N–H and O–H groups in total. The monoisotopic (exact) mass is 307 g/mol. The summed E-state index contributed by atoms with van der Waals surface area (Å²) in [5.74, 6) is -2.67. The first-order valence-electron chi connectivity index (χ1n) is 5.77. The molecule has 0 atom stereocenters. The first-order chi connectivity index (χ1) is 10.3. The number of aromatic hydroxyl groups is 1. The number of ether oxygens (including phenoxy) is 1. The zero-order valence-corrected chi connectivity index (χ0v) is 11.1. The average molecular weight is 307 g/mol. The highest BCUT2D eigenvalue weighted by Gasteiger charge is 2.29. The standard InChI is InChI=1S/C12H9N3O7/c1-22-6-2-5(9(16)8(4-6)15(20)21)3-7-10(17)13-12(19)14-11(7)18/h2-4,16H,1H3,(H2,13,14,17,18,19). The number of carbonyl (C=O) groups excluding carboxylic acids is 3. The number of urea groups is 1. The minimum Gasteiger partial charge on any atom is -0.502 e. The van der Waals surface area contributed by atoms with Crippen molar-refractivity contribution in [2.45, 2.75) is 0 Å². The summed E-state index contributed by atoms with van der Waals surface area (Å²) < 4.78 is 4.86. The Hall–Kier alpha value is -3.43. The van der Waals surface area contributed by atoms with Gasteiger partial charge in [-0.15, -0.1) is 0 Å². The van der Waals surface area contributed by atoms with Crippen molar-refractivity contribution in [1.82, 2.24) is 10.6 Å². The van der Waals surface area contributed by atoms with E-state index >= 15 is 0 Å². The zero-order chi connectivity index (χ0) is 16.4. The summed E-state index contributed by atoms with van der Waals surface area (Å²) >= 11 is 0. The summed E-state index contributed by atoms with van der Waals surface area (Å²) in [6, 6.07) is 1.21. The predicted molar refractivity (Wildman–Crippen MR) is 71.0 cm³/mol. The van der Waals surface area contributed by atoms with Gasteiger partial charge in [-0.3, -0.25) is 30.3 Å². The molecular weight excluding hydrogens is 298 g/mol. The van der Waals surface area contributed by atoms with E-state index in [1.54, 1.807) is 0 Å². The van der Waals surface area contributed by atoms with Crippen LogP contribution in [0.15, 0.2) is 17.7 Å². The van der Waals surface area contributed by atoms with E-state index in [2.05, 4.69) is 0 Å². The Morgan fingerprint density at radius 2 is 1.82 bits per heavy atom. The molecule has 4 amide bonds. The van der Waals surface area contributed by atoms with Gasteiger partial charge in [0.2, 0.25) is 5.75 Å². The van der Waals surface area contributed by atoms with Crippen LogP contribution in [0.4, 0.5) is 10.5 Å². The number of hydrogen-bond donors (Lipinski definition) is 3. The van der Waals surface area contributed by atoms with Crippen molar-refractivity contribution in [2.75, 3.05) is 7.11 Å². The number of benzene rings is 1. The Kier molecular flexibility index (Phi) is 3.75. The van der Waals surface area contributed by atoms with Crippen LogP contribution < -0.4 is 15.4 Å². The summed E-state index contributed by atoms with van der Waals surface area (Å²) in [6.45, 7) is 0. The summed E-state index contributed by atoms with van der Waals surface area (Å²) in [6.07, 6.45) is 0.919. The molecule has 2 rings (SSSR count). The molecule has 0 bridgehead atoms. The number of nitrogens with zero attached hydrogens (tertiary/aromatic N) is 1. The second kappa shape index (κ2) is 5.52. The number of nitro benzene ring substituents is 1. The Bertz CT molecular complexity index is 716. The van der Waals surface area contributed by atoms with Crippen LogP contribution in [0.5, 0.6) is 11.5 Å². The summed E-state index contributed by atoms with van der Waals surface area (Å²) in [5.41, 5.74) is -1.32. The van der Waals surface area contributed by atoms with Crippen LogP contribution in [0.25, 0.3) is 6.08 Å². The smallest absolute Gasteiger partial charge is 0.328 e. The molecule has 1 aliphatic heterocycles. The first kappa shape index (κ1) is 15.0. The van der Waals surface area contributed by atoms with E-state index < -0.39 is 39.8 Å². The lowest BCUT2D eigenvalue weighted by molar-refractivity contribution is -0.385. The fourth-order valence-corrected chi connectivity index (χ4v) is 1.74. The van der Waals surface area contributed by atoms with Crippen LogP contribution in [0.2, 0.25) is 0 Å². The number of carbonyl (C=O) groups is 3. The molecule has 0 unspecified atom stereocenters. The van der Waals surface area contributed by atoms with Gasteiger partial charge >= 0.3 is 11.7 Å². The van der Waals surface area contributed by atoms with Gasteiger partial charge in [0.05, 0.1) is 18.1 Å². The largest absolute Gasteiger partial charge is 0.502 e. The maximum atomic E-state index is 11.6. The second-order valence-electron chi connectivity index (χ2n) is 4.14. The van der Waals surface area contributed by atoms with Crippen molar-refractivity contribution < 1.29 is 29.2 Å². The number of nitrogens with one attached hydrogen (secondary N) is 2. The van der Waals surface area contributed by atoms with Gasteiger partial charge in [0.25, 0.3) is 11.8 Å². The van der Waals surface area contributed by atoms with Crippen LogP contribution >= 0.6 is 0 Å². The predicted octanol–water partition coefficient (Wildman–Crippen LogP) is 0.0584. The van der Waals surface area contributed by atoms with Crippen molar-refractivity contribution in [3.8, 4) is 11.5 Å². The topological polar surface area (TPSA) is 148 Å². The minimum absolute atomic E-state index is 0.0454. The highest BCUT2D eigenvalue weighted by Crippen LogP contribution is 2.35. The number of methoxy groups -OCH3 is 1. The van der Waals surface area contributed by atoms with E-state index in [1.807, 2.05) is 10.6 Å². The first-order valence-corrected chi connectivity index (χ1v) is 5.77. The number of rotatable bonds is 3. The average Bonchev–Trinajstić information content (AvgIpc) is 2.43. The molecule has 22 heavy (non-hydrogen) atoms. The normalized spacial score (nSPS) is 14.2. The lowest BCUT2D eigenvalue weighted by atomic mass is 10.1. The van der Waals surface area contributed by atoms with Crippen LogP contribution in [-0.2, 0) is 9.59 Å². The summed E-state index contributed by atoms with van der Waals surface area (Å²) in [7, 11) is 1.26. The highest BCUT2D eigenvalue weighted by atomic mass is 16.6. The molecule has 10 nitrogen and oxygen atoms in total.